The minimum atomic E-state index is -3.67. The Morgan fingerprint density at radius 3 is 1.58 bits per heavy atom. The van der Waals surface area contributed by atoms with Gasteiger partial charge in [0.25, 0.3) is 0 Å². The lowest BCUT2D eigenvalue weighted by Crippen LogP contribution is -2.09. The molecular weight excluding hydrogens is 773 g/mol. The minimum absolute atomic E-state index is 0.0250. The van der Waals surface area contributed by atoms with Gasteiger partial charge in [-0.15, -0.1) is 0 Å². The van der Waals surface area contributed by atoms with Gasteiger partial charge < -0.3 is 4.74 Å². The van der Waals surface area contributed by atoms with Crippen LogP contribution in [0.15, 0.2) is 141 Å². The molecule has 0 radical (unpaired) electrons. The topological polar surface area (TPSA) is 94.6 Å². The number of Topliss-reactive ketones (excluding diaryl/α,β-unsaturated/α-hetero) is 3. The maximum Gasteiger partial charge on any atom is 0.207 e. The Labute approximate surface area is 355 Å². The first-order valence-corrected chi connectivity index (χ1v) is 21.9. The first-order chi connectivity index (χ1) is 28.0. The molecule has 6 aromatic rings. The molecule has 0 bridgehead atoms. The molecule has 0 atom stereocenters. The molecule has 6 aromatic carbocycles. The number of sulfone groups is 1. The van der Waals surface area contributed by atoms with Crippen molar-refractivity contribution in [3.63, 3.8) is 0 Å². The lowest BCUT2D eigenvalue weighted by molar-refractivity contribution is 0.100. The van der Waals surface area contributed by atoms with E-state index in [1.165, 1.54) is 51.8 Å². The number of carbonyl (C=O) groups excluding carboxylic acids is 3. The van der Waals surface area contributed by atoms with E-state index in [4.69, 9.17) is 4.74 Å². The normalized spacial score (nSPS) is 10.7. The van der Waals surface area contributed by atoms with Gasteiger partial charge in [-0.25, -0.2) is 8.42 Å². The maximum atomic E-state index is 12.6. The zero-order valence-electron chi connectivity index (χ0n) is 35.7. The molecule has 0 aliphatic carbocycles. The molecule has 0 aliphatic rings. The van der Waals surface area contributed by atoms with Crippen molar-refractivity contribution in [2.24, 2.45) is 0 Å². The minimum Gasteiger partial charge on any atom is -0.456 e. The Balaban J connectivity index is 0.000000196. The monoisotopic (exact) mass is 826 g/mol. The van der Waals surface area contributed by atoms with Crippen LogP contribution in [0.2, 0.25) is 0 Å². The van der Waals surface area contributed by atoms with Crippen LogP contribution in [-0.2, 0) is 22.7 Å². The van der Waals surface area contributed by atoms with E-state index in [1.54, 1.807) is 68.9 Å². The van der Waals surface area contributed by atoms with Crippen LogP contribution in [0.5, 0.6) is 11.5 Å². The van der Waals surface area contributed by atoms with Crippen molar-refractivity contribution in [1.29, 1.82) is 0 Å². The molecule has 0 aromatic heterocycles. The Morgan fingerprint density at radius 2 is 0.983 bits per heavy atom. The quantitative estimate of drug-likeness (QED) is 0.120. The first kappa shape index (κ1) is 46.1. The van der Waals surface area contributed by atoms with Gasteiger partial charge in [-0.1, -0.05) is 104 Å². The van der Waals surface area contributed by atoms with Crippen LogP contribution in [0, 0.1) is 34.6 Å². The SMILES string of the molecule is CC(=O)c1ccc(C)cc1Sc1cc(C)ccc1C.CC(=O)c1ccccc1S(=O)(=O)c1ccccc1C.CCc1ccc(C)c(Oc2cc(CC)ccc2C(C)=O)c1. The molecule has 0 amide bonds. The van der Waals surface area contributed by atoms with Crippen LogP contribution in [0.1, 0.15) is 105 Å². The number of ketones is 3. The Kier molecular flexibility index (Phi) is 16.3. The lowest BCUT2D eigenvalue weighted by Gasteiger charge is -2.14. The summed E-state index contributed by atoms with van der Waals surface area (Å²) in [6.07, 6.45) is 1.88. The molecule has 0 fully saturated rings. The third-order valence-corrected chi connectivity index (χ3v) is 12.9. The Bertz CT molecular complexity index is 2590. The van der Waals surface area contributed by atoms with E-state index >= 15 is 0 Å². The van der Waals surface area contributed by atoms with Crippen LogP contribution >= 0.6 is 11.8 Å². The second kappa shape index (κ2) is 20.9. The molecule has 0 unspecified atom stereocenters. The number of rotatable bonds is 11. The molecule has 6 nitrogen and oxygen atoms in total. The zero-order chi connectivity index (χ0) is 43.4. The van der Waals surface area contributed by atoms with Gasteiger partial charge in [0.2, 0.25) is 9.84 Å². The van der Waals surface area contributed by atoms with Crippen molar-refractivity contribution in [2.75, 3.05) is 0 Å². The highest BCUT2D eigenvalue weighted by Gasteiger charge is 2.24. The van der Waals surface area contributed by atoms with Crippen molar-refractivity contribution in [2.45, 2.75) is 102 Å². The summed E-state index contributed by atoms with van der Waals surface area (Å²) >= 11 is 1.68. The number of carbonyl (C=O) groups is 3. The summed E-state index contributed by atoms with van der Waals surface area (Å²) in [7, 11) is -3.67. The Morgan fingerprint density at radius 1 is 0.492 bits per heavy atom. The van der Waals surface area contributed by atoms with E-state index in [9.17, 15) is 22.8 Å². The van der Waals surface area contributed by atoms with Gasteiger partial charge in [0.1, 0.15) is 11.5 Å². The molecule has 306 valence electrons. The summed E-state index contributed by atoms with van der Waals surface area (Å²) in [6.45, 7) is 18.8. The van der Waals surface area contributed by atoms with Gasteiger partial charge in [-0.3, -0.25) is 14.4 Å². The highest BCUT2D eigenvalue weighted by molar-refractivity contribution is 7.99. The fourth-order valence-electron chi connectivity index (χ4n) is 6.16. The molecule has 0 aliphatic heterocycles. The predicted molar refractivity (Wildman–Crippen MR) is 241 cm³/mol. The van der Waals surface area contributed by atoms with E-state index in [1.807, 2.05) is 37.3 Å². The third kappa shape index (κ3) is 12.2. The zero-order valence-corrected chi connectivity index (χ0v) is 37.4. The summed E-state index contributed by atoms with van der Waals surface area (Å²) in [4.78, 5) is 37.6. The van der Waals surface area contributed by atoms with Crippen LogP contribution in [0.25, 0.3) is 0 Å². The molecular formula is C51H54O6S2. The van der Waals surface area contributed by atoms with E-state index in [2.05, 4.69) is 77.1 Å². The summed E-state index contributed by atoms with van der Waals surface area (Å²) in [5.41, 5.74) is 9.46. The standard InChI is InChI=1S/C19H22O2.C17H18OS.C15H14O3S/c1-5-15-8-7-13(3)18(11-15)21-19-12-16(6-2)9-10-17(19)14(4)20;1-11-5-7-13(3)16(9-11)19-17-10-12(2)6-8-15(17)14(4)18;1-11-7-3-5-9-14(11)19(17,18)15-10-6-4-8-13(15)12(2)16/h7-12H,5-6H2,1-4H3;5-10H,1-4H3;3-10H,1-2H3. The van der Waals surface area contributed by atoms with Crippen LogP contribution in [0.4, 0.5) is 0 Å². The lowest BCUT2D eigenvalue weighted by atomic mass is 10.1. The van der Waals surface area contributed by atoms with Crippen molar-refractivity contribution >= 4 is 38.9 Å². The van der Waals surface area contributed by atoms with Crippen molar-refractivity contribution in [3.05, 3.63) is 177 Å². The van der Waals surface area contributed by atoms with Crippen LogP contribution in [-0.4, -0.2) is 25.8 Å². The number of ether oxygens (including phenoxy) is 1. The summed E-state index contributed by atoms with van der Waals surface area (Å²) in [5.74, 6) is 1.36. The highest BCUT2D eigenvalue weighted by atomic mass is 32.2. The number of hydrogen-bond acceptors (Lipinski definition) is 7. The number of hydrogen-bond donors (Lipinski definition) is 0. The smallest absolute Gasteiger partial charge is 0.207 e. The van der Waals surface area contributed by atoms with Gasteiger partial charge in [-0.2, -0.15) is 0 Å². The molecule has 0 heterocycles. The van der Waals surface area contributed by atoms with Crippen molar-refractivity contribution < 1.29 is 27.5 Å². The van der Waals surface area contributed by atoms with E-state index in [-0.39, 0.29) is 32.7 Å². The summed E-state index contributed by atoms with van der Waals surface area (Å²) < 4.78 is 31.3. The molecule has 8 heteroatoms. The summed E-state index contributed by atoms with van der Waals surface area (Å²) in [5, 5.41) is 0. The average Bonchev–Trinajstić information content (AvgIpc) is 3.20. The largest absolute Gasteiger partial charge is 0.456 e. The second-order valence-electron chi connectivity index (χ2n) is 14.5. The van der Waals surface area contributed by atoms with Gasteiger partial charge in [0.05, 0.1) is 15.4 Å². The Hall–Kier alpha value is -5.57. The molecule has 6 rings (SSSR count). The van der Waals surface area contributed by atoms with Gasteiger partial charge in [0.15, 0.2) is 17.3 Å². The van der Waals surface area contributed by atoms with Crippen LogP contribution < -0.4 is 4.74 Å². The fraction of sp³-hybridized carbons (Fsp3) is 0.235. The number of benzene rings is 6. The fourth-order valence-corrected chi connectivity index (χ4v) is 9.19. The van der Waals surface area contributed by atoms with Crippen molar-refractivity contribution in [3.8, 4) is 11.5 Å². The molecule has 0 N–H and O–H groups in total. The highest BCUT2D eigenvalue weighted by Crippen LogP contribution is 2.35. The van der Waals surface area contributed by atoms with Crippen LogP contribution in [0.3, 0.4) is 0 Å². The van der Waals surface area contributed by atoms with E-state index in [0.717, 1.165) is 34.6 Å². The maximum absolute atomic E-state index is 12.6. The average molecular weight is 827 g/mol. The first-order valence-electron chi connectivity index (χ1n) is 19.6. The van der Waals surface area contributed by atoms with E-state index in [0.29, 0.717) is 16.9 Å². The molecule has 0 saturated heterocycles. The predicted octanol–water partition coefficient (Wildman–Crippen LogP) is 13.1. The van der Waals surface area contributed by atoms with Gasteiger partial charge >= 0.3 is 0 Å². The molecule has 0 saturated carbocycles. The molecule has 59 heavy (non-hydrogen) atoms. The van der Waals surface area contributed by atoms with Gasteiger partial charge in [0, 0.05) is 20.9 Å². The number of aryl methyl sites for hydroxylation is 7. The summed E-state index contributed by atoms with van der Waals surface area (Å²) in [6, 6.07) is 37.5. The van der Waals surface area contributed by atoms with E-state index < -0.39 is 9.84 Å². The molecule has 0 spiro atoms. The second-order valence-corrected chi connectivity index (χ2v) is 17.5. The third-order valence-electron chi connectivity index (χ3n) is 9.73. The van der Waals surface area contributed by atoms with Crippen molar-refractivity contribution in [1.82, 2.24) is 0 Å². The van der Waals surface area contributed by atoms with Gasteiger partial charge in [-0.05, 0) is 150 Å².